The van der Waals surface area contributed by atoms with Crippen LogP contribution in [0.3, 0.4) is 0 Å². The van der Waals surface area contributed by atoms with E-state index >= 15 is 0 Å². The molecule has 0 unspecified atom stereocenters. The van der Waals surface area contributed by atoms with E-state index in [1.165, 1.54) is 11.8 Å². The second-order valence-corrected chi connectivity index (χ2v) is 6.63. The van der Waals surface area contributed by atoms with Gasteiger partial charge in [-0.1, -0.05) is 48.2 Å². The minimum Gasteiger partial charge on any atom is -0.508 e. The molecule has 1 aliphatic heterocycles. The molecule has 0 bridgehead atoms. The van der Waals surface area contributed by atoms with Gasteiger partial charge in [-0.05, 0) is 48.4 Å². The highest BCUT2D eigenvalue weighted by Crippen LogP contribution is 2.36. The smallest absolute Gasteiger partial charge is 0.270 e. The lowest BCUT2D eigenvalue weighted by Crippen LogP contribution is -2.27. The summed E-state index contributed by atoms with van der Waals surface area (Å²) in [5.41, 5.74) is 2.62. The zero-order valence-electron chi connectivity index (χ0n) is 11.8. The van der Waals surface area contributed by atoms with Gasteiger partial charge in [0.05, 0.1) is 10.6 Å². The van der Waals surface area contributed by atoms with Crippen LogP contribution in [0.4, 0.5) is 5.69 Å². The number of rotatable bonds is 2. The third-order valence-electron chi connectivity index (χ3n) is 3.22. The quantitative estimate of drug-likeness (QED) is 0.666. The van der Waals surface area contributed by atoms with E-state index in [0.29, 0.717) is 9.23 Å². The Morgan fingerprint density at radius 1 is 1.18 bits per heavy atom. The molecule has 2 aromatic rings. The summed E-state index contributed by atoms with van der Waals surface area (Å²) < 4.78 is 0.516. The number of carbonyl (C=O) groups is 1. The largest absolute Gasteiger partial charge is 0.508 e. The Bertz CT molecular complexity index is 799. The molecule has 0 radical (unpaired) electrons. The van der Waals surface area contributed by atoms with Gasteiger partial charge < -0.3 is 5.11 Å². The molecule has 1 fully saturated rings. The van der Waals surface area contributed by atoms with Crippen LogP contribution in [0.15, 0.2) is 53.4 Å². The fourth-order valence-corrected chi connectivity index (χ4v) is 3.52. The molecule has 1 saturated heterocycles. The molecule has 1 N–H and O–H groups in total. The van der Waals surface area contributed by atoms with Crippen LogP contribution in [0.5, 0.6) is 5.75 Å². The molecule has 0 saturated carbocycles. The Hall–Kier alpha value is -2.11. The van der Waals surface area contributed by atoms with E-state index in [1.807, 2.05) is 37.3 Å². The normalized spacial score (nSPS) is 16.6. The summed E-state index contributed by atoms with van der Waals surface area (Å²) in [6, 6.07) is 14.5. The molecule has 22 heavy (non-hydrogen) atoms. The molecule has 0 aliphatic carbocycles. The molecule has 1 amide bonds. The standard InChI is InChI=1S/C17H13NO2S2/c1-11-4-2-6-13(8-11)18-16(20)15(22-17(18)21)10-12-5-3-7-14(19)9-12/h2-10,19H,1H3/b15-10+. The number of anilines is 1. The first-order chi connectivity index (χ1) is 10.5. The van der Waals surface area contributed by atoms with Crippen LogP contribution in [0.2, 0.25) is 0 Å². The Morgan fingerprint density at radius 2 is 1.95 bits per heavy atom. The van der Waals surface area contributed by atoms with Gasteiger partial charge in [-0.25, -0.2) is 0 Å². The van der Waals surface area contributed by atoms with E-state index in [4.69, 9.17) is 12.2 Å². The lowest BCUT2D eigenvalue weighted by atomic mass is 10.2. The predicted molar refractivity (Wildman–Crippen MR) is 94.9 cm³/mol. The van der Waals surface area contributed by atoms with Crippen molar-refractivity contribution in [1.29, 1.82) is 0 Å². The maximum Gasteiger partial charge on any atom is 0.270 e. The average molecular weight is 327 g/mol. The van der Waals surface area contributed by atoms with Crippen LogP contribution in [-0.4, -0.2) is 15.3 Å². The van der Waals surface area contributed by atoms with Crippen molar-refractivity contribution in [2.45, 2.75) is 6.92 Å². The number of carbonyl (C=O) groups excluding carboxylic acids is 1. The molecule has 1 aliphatic rings. The second kappa shape index (κ2) is 5.94. The first-order valence-corrected chi connectivity index (χ1v) is 7.91. The Morgan fingerprint density at radius 3 is 2.68 bits per heavy atom. The summed E-state index contributed by atoms with van der Waals surface area (Å²) in [5.74, 6) is 0.0341. The van der Waals surface area contributed by atoms with Gasteiger partial charge in [-0.15, -0.1) is 0 Å². The molecule has 5 heteroatoms. The number of hydrogen-bond acceptors (Lipinski definition) is 4. The van der Waals surface area contributed by atoms with Crippen molar-refractivity contribution in [3.63, 3.8) is 0 Å². The van der Waals surface area contributed by atoms with E-state index in [9.17, 15) is 9.90 Å². The van der Waals surface area contributed by atoms with Crippen LogP contribution in [-0.2, 0) is 4.79 Å². The van der Waals surface area contributed by atoms with Crippen LogP contribution in [0.1, 0.15) is 11.1 Å². The van der Waals surface area contributed by atoms with Gasteiger partial charge in [0.2, 0.25) is 0 Å². The highest BCUT2D eigenvalue weighted by molar-refractivity contribution is 8.27. The number of thioether (sulfide) groups is 1. The molecule has 3 rings (SSSR count). The van der Waals surface area contributed by atoms with E-state index in [2.05, 4.69) is 0 Å². The van der Waals surface area contributed by atoms with E-state index in [-0.39, 0.29) is 11.7 Å². The van der Waals surface area contributed by atoms with Crippen LogP contribution in [0, 0.1) is 6.92 Å². The van der Waals surface area contributed by atoms with Crippen molar-refractivity contribution in [2.24, 2.45) is 0 Å². The van der Waals surface area contributed by atoms with Crippen molar-refractivity contribution in [2.75, 3.05) is 4.90 Å². The minimum absolute atomic E-state index is 0.135. The first kappa shape index (κ1) is 14.8. The minimum atomic E-state index is -0.135. The molecule has 1 heterocycles. The van der Waals surface area contributed by atoms with Gasteiger partial charge >= 0.3 is 0 Å². The Balaban J connectivity index is 1.95. The van der Waals surface area contributed by atoms with E-state index in [1.54, 1.807) is 29.2 Å². The van der Waals surface area contributed by atoms with Crippen LogP contribution < -0.4 is 4.90 Å². The fraction of sp³-hybridized carbons (Fsp3) is 0.0588. The van der Waals surface area contributed by atoms with E-state index < -0.39 is 0 Å². The predicted octanol–water partition coefficient (Wildman–Crippen LogP) is 4.11. The molecule has 0 aromatic heterocycles. The molecule has 3 nitrogen and oxygen atoms in total. The lowest BCUT2D eigenvalue weighted by Gasteiger charge is -2.14. The maximum atomic E-state index is 12.6. The third-order valence-corrected chi connectivity index (χ3v) is 4.52. The van der Waals surface area contributed by atoms with Gasteiger partial charge in [0.15, 0.2) is 4.32 Å². The summed E-state index contributed by atoms with van der Waals surface area (Å²) in [4.78, 5) is 14.7. The number of aromatic hydroxyl groups is 1. The number of benzene rings is 2. The summed E-state index contributed by atoms with van der Waals surface area (Å²) >= 11 is 6.61. The van der Waals surface area contributed by atoms with Gasteiger partial charge in [-0.3, -0.25) is 9.69 Å². The third kappa shape index (κ3) is 2.91. The van der Waals surface area contributed by atoms with E-state index in [0.717, 1.165) is 16.8 Å². The monoisotopic (exact) mass is 327 g/mol. The van der Waals surface area contributed by atoms with Gasteiger partial charge in [-0.2, -0.15) is 0 Å². The number of phenols is 1. The number of nitrogens with zero attached hydrogens (tertiary/aromatic N) is 1. The second-order valence-electron chi connectivity index (χ2n) is 4.95. The number of thiocarbonyl (C=S) groups is 1. The van der Waals surface area contributed by atoms with Crippen molar-refractivity contribution >= 4 is 46.0 Å². The fourth-order valence-electron chi connectivity index (χ4n) is 2.22. The highest BCUT2D eigenvalue weighted by Gasteiger charge is 2.33. The summed E-state index contributed by atoms with van der Waals surface area (Å²) in [5, 5.41) is 9.51. The van der Waals surface area contributed by atoms with Crippen molar-refractivity contribution in [1.82, 2.24) is 0 Å². The Kier molecular flexibility index (Phi) is 4.00. The van der Waals surface area contributed by atoms with Gasteiger partial charge in [0.25, 0.3) is 5.91 Å². The number of phenolic OH excluding ortho intramolecular Hbond substituents is 1. The number of aryl methyl sites for hydroxylation is 1. The summed E-state index contributed by atoms with van der Waals surface area (Å²) in [6.45, 7) is 1.98. The van der Waals surface area contributed by atoms with Gasteiger partial charge in [0, 0.05) is 0 Å². The molecular weight excluding hydrogens is 314 g/mol. The van der Waals surface area contributed by atoms with Crippen molar-refractivity contribution < 1.29 is 9.90 Å². The molecular formula is C17H13NO2S2. The van der Waals surface area contributed by atoms with Crippen LogP contribution in [0.25, 0.3) is 6.08 Å². The number of amides is 1. The van der Waals surface area contributed by atoms with Crippen molar-refractivity contribution in [3.8, 4) is 5.75 Å². The Labute approximate surface area is 138 Å². The molecule has 2 aromatic carbocycles. The zero-order chi connectivity index (χ0) is 15.7. The van der Waals surface area contributed by atoms with Crippen molar-refractivity contribution in [3.05, 3.63) is 64.6 Å². The highest BCUT2D eigenvalue weighted by atomic mass is 32.2. The molecule has 0 atom stereocenters. The maximum absolute atomic E-state index is 12.6. The topological polar surface area (TPSA) is 40.5 Å². The summed E-state index contributed by atoms with van der Waals surface area (Å²) in [6.07, 6.45) is 1.74. The molecule has 0 spiro atoms. The zero-order valence-corrected chi connectivity index (χ0v) is 13.4. The SMILES string of the molecule is Cc1cccc(N2C(=O)/C(=C\c3cccc(O)c3)SC2=S)c1. The first-order valence-electron chi connectivity index (χ1n) is 6.68. The number of hydrogen-bond donors (Lipinski definition) is 1. The summed E-state index contributed by atoms with van der Waals surface area (Å²) in [7, 11) is 0. The average Bonchev–Trinajstić information content (AvgIpc) is 2.73. The molecule has 110 valence electrons. The lowest BCUT2D eigenvalue weighted by molar-refractivity contribution is -0.113. The van der Waals surface area contributed by atoms with Crippen LogP contribution >= 0.6 is 24.0 Å². The van der Waals surface area contributed by atoms with Gasteiger partial charge in [0.1, 0.15) is 5.75 Å².